The highest BCUT2D eigenvalue weighted by molar-refractivity contribution is 7.09. The molecule has 1 heterocycles. The van der Waals surface area contributed by atoms with E-state index in [2.05, 4.69) is 22.1 Å². The maximum absolute atomic E-state index is 14.1. The van der Waals surface area contributed by atoms with Crippen LogP contribution in [0.2, 0.25) is 0 Å². The third kappa shape index (κ3) is 6.98. The Morgan fingerprint density at radius 2 is 2.22 bits per heavy atom. The topological polar surface area (TPSA) is 91.7 Å². The summed E-state index contributed by atoms with van der Waals surface area (Å²) in [5.41, 5.74) is 2.13. The van der Waals surface area contributed by atoms with Crippen LogP contribution in [0.25, 0.3) is 0 Å². The van der Waals surface area contributed by atoms with Crippen molar-refractivity contribution in [3.63, 3.8) is 0 Å². The number of hydrogen-bond acceptors (Lipinski definition) is 6. The summed E-state index contributed by atoms with van der Waals surface area (Å²) in [5, 5.41) is 20.7. The van der Waals surface area contributed by atoms with Crippen molar-refractivity contribution in [1.29, 1.82) is 0 Å². The van der Waals surface area contributed by atoms with Gasteiger partial charge in [-0.2, -0.15) is 0 Å². The van der Waals surface area contributed by atoms with E-state index in [1.54, 1.807) is 6.07 Å². The number of ether oxygens (including phenoxy) is 1. The molecule has 6 nitrogen and oxygen atoms in total. The SMILES string of the molecule is O=C(O)c1ncsc1CCCOc1ccc(C#CCNCCCO)cc1F. The summed E-state index contributed by atoms with van der Waals surface area (Å²) < 4.78 is 19.5. The molecule has 0 atom stereocenters. The lowest BCUT2D eigenvalue weighted by atomic mass is 10.2. The summed E-state index contributed by atoms with van der Waals surface area (Å²) in [6.45, 7) is 1.56. The normalized spacial score (nSPS) is 10.3. The molecule has 1 aromatic carbocycles. The number of hydrogen-bond donors (Lipinski definition) is 3. The van der Waals surface area contributed by atoms with Gasteiger partial charge in [-0.05, 0) is 44.0 Å². The molecule has 0 aliphatic carbocycles. The minimum atomic E-state index is -1.04. The molecule has 2 aromatic rings. The highest BCUT2D eigenvalue weighted by Crippen LogP contribution is 2.19. The molecule has 0 saturated heterocycles. The second-order valence-electron chi connectivity index (χ2n) is 5.58. The second kappa shape index (κ2) is 11.3. The Morgan fingerprint density at radius 1 is 1.37 bits per heavy atom. The molecule has 144 valence electrons. The number of carbonyl (C=O) groups is 1. The molecule has 0 amide bonds. The van der Waals surface area contributed by atoms with Gasteiger partial charge >= 0.3 is 5.97 Å². The molecule has 8 heteroatoms. The quantitative estimate of drug-likeness (QED) is 0.425. The van der Waals surface area contributed by atoms with Gasteiger partial charge in [-0.15, -0.1) is 11.3 Å². The van der Waals surface area contributed by atoms with Crippen molar-refractivity contribution in [2.75, 3.05) is 26.3 Å². The van der Waals surface area contributed by atoms with Gasteiger partial charge in [-0.25, -0.2) is 14.2 Å². The maximum Gasteiger partial charge on any atom is 0.355 e. The van der Waals surface area contributed by atoms with Crippen molar-refractivity contribution in [2.45, 2.75) is 19.3 Å². The number of benzene rings is 1. The number of aliphatic hydroxyl groups excluding tert-OH is 1. The number of halogens is 1. The molecule has 0 aliphatic heterocycles. The number of aryl methyl sites for hydroxylation is 1. The smallest absolute Gasteiger partial charge is 0.355 e. The van der Waals surface area contributed by atoms with Crippen molar-refractivity contribution in [1.82, 2.24) is 10.3 Å². The fourth-order valence-corrected chi connectivity index (χ4v) is 3.03. The van der Waals surface area contributed by atoms with Crippen molar-refractivity contribution in [3.8, 4) is 17.6 Å². The lowest BCUT2D eigenvalue weighted by molar-refractivity contribution is 0.0690. The van der Waals surface area contributed by atoms with E-state index >= 15 is 0 Å². The van der Waals surface area contributed by atoms with Crippen LogP contribution < -0.4 is 10.1 Å². The molecule has 0 spiro atoms. The van der Waals surface area contributed by atoms with E-state index in [1.807, 2.05) is 0 Å². The number of carboxylic acids is 1. The molecule has 0 bridgehead atoms. The molecule has 0 saturated carbocycles. The Bertz CT molecular complexity index is 814. The molecule has 3 N–H and O–H groups in total. The van der Waals surface area contributed by atoms with Gasteiger partial charge in [0, 0.05) is 17.0 Å². The Kier molecular flexibility index (Phi) is 8.71. The Morgan fingerprint density at radius 3 is 2.96 bits per heavy atom. The van der Waals surface area contributed by atoms with Crippen molar-refractivity contribution in [2.24, 2.45) is 0 Å². The van der Waals surface area contributed by atoms with E-state index in [9.17, 15) is 9.18 Å². The number of aromatic nitrogens is 1. The zero-order chi connectivity index (χ0) is 19.5. The minimum Gasteiger partial charge on any atom is -0.491 e. The summed E-state index contributed by atoms with van der Waals surface area (Å²) >= 11 is 1.29. The molecular formula is C19H21FN2O4S. The van der Waals surface area contributed by atoms with Gasteiger partial charge in [0.25, 0.3) is 0 Å². The average molecular weight is 392 g/mol. The van der Waals surface area contributed by atoms with Crippen LogP contribution in [0.5, 0.6) is 5.75 Å². The third-order valence-electron chi connectivity index (χ3n) is 3.54. The van der Waals surface area contributed by atoms with E-state index in [0.717, 1.165) is 0 Å². The van der Waals surface area contributed by atoms with Gasteiger partial charge in [0.15, 0.2) is 17.3 Å². The third-order valence-corrected chi connectivity index (χ3v) is 4.43. The van der Waals surface area contributed by atoms with Crippen LogP contribution in [0.15, 0.2) is 23.7 Å². The summed E-state index contributed by atoms with van der Waals surface area (Å²) in [6, 6.07) is 4.54. The van der Waals surface area contributed by atoms with Crippen LogP contribution in [-0.2, 0) is 6.42 Å². The van der Waals surface area contributed by atoms with E-state index in [-0.39, 0.29) is 24.7 Å². The standard InChI is InChI=1S/C19H21FN2O4S/c20-15-12-14(4-1-8-21-9-3-10-23)6-7-16(15)26-11-2-5-17-18(19(24)25)22-13-27-17/h6-7,12-13,21,23H,2-3,5,8-11H2,(H,24,25). The van der Waals surface area contributed by atoms with Gasteiger partial charge in [0.05, 0.1) is 18.7 Å². The summed E-state index contributed by atoms with van der Waals surface area (Å²) in [5.74, 6) is 4.36. The summed E-state index contributed by atoms with van der Waals surface area (Å²) in [4.78, 5) is 15.5. The molecule has 27 heavy (non-hydrogen) atoms. The number of carboxylic acid groups (broad SMARTS) is 1. The molecule has 1 aromatic heterocycles. The predicted molar refractivity (Wildman–Crippen MR) is 101 cm³/mol. The van der Waals surface area contributed by atoms with Crippen molar-refractivity contribution < 1.29 is 24.1 Å². The lowest BCUT2D eigenvalue weighted by Gasteiger charge is -2.07. The average Bonchev–Trinajstić information content (AvgIpc) is 3.12. The minimum absolute atomic E-state index is 0.0694. The second-order valence-corrected chi connectivity index (χ2v) is 6.52. The molecule has 0 fully saturated rings. The highest BCUT2D eigenvalue weighted by Gasteiger charge is 2.13. The van der Waals surface area contributed by atoms with E-state index in [1.165, 1.54) is 29.0 Å². The van der Waals surface area contributed by atoms with Gasteiger partial charge in [-0.1, -0.05) is 11.8 Å². The van der Waals surface area contributed by atoms with Gasteiger partial charge in [0.1, 0.15) is 0 Å². The first-order valence-corrected chi connectivity index (χ1v) is 9.38. The zero-order valence-corrected chi connectivity index (χ0v) is 15.5. The van der Waals surface area contributed by atoms with Gasteiger partial charge in [0.2, 0.25) is 0 Å². The zero-order valence-electron chi connectivity index (χ0n) is 14.7. The fraction of sp³-hybridized carbons (Fsp3) is 0.368. The number of nitrogens with one attached hydrogen (secondary N) is 1. The largest absolute Gasteiger partial charge is 0.491 e. The predicted octanol–water partition coefficient (Wildman–Crippen LogP) is 2.32. The van der Waals surface area contributed by atoms with Crippen molar-refractivity contribution in [3.05, 3.63) is 45.7 Å². The van der Waals surface area contributed by atoms with E-state index in [0.29, 0.717) is 42.8 Å². The van der Waals surface area contributed by atoms with Crippen LogP contribution in [0.1, 0.15) is 33.8 Å². The highest BCUT2D eigenvalue weighted by atomic mass is 32.1. The maximum atomic E-state index is 14.1. The van der Waals surface area contributed by atoms with Crippen LogP contribution in [-0.4, -0.2) is 47.5 Å². The first-order chi connectivity index (χ1) is 13.1. The van der Waals surface area contributed by atoms with Crippen LogP contribution in [0.4, 0.5) is 4.39 Å². The molecular weight excluding hydrogens is 371 g/mol. The van der Waals surface area contributed by atoms with E-state index < -0.39 is 11.8 Å². The number of nitrogens with zero attached hydrogens (tertiary/aromatic N) is 1. The monoisotopic (exact) mass is 392 g/mol. The Balaban J connectivity index is 1.78. The molecule has 2 rings (SSSR count). The van der Waals surface area contributed by atoms with Crippen LogP contribution in [0.3, 0.4) is 0 Å². The Hall–Kier alpha value is -2.47. The van der Waals surface area contributed by atoms with Crippen LogP contribution in [0, 0.1) is 17.7 Å². The number of aliphatic hydroxyl groups is 1. The summed E-state index contributed by atoms with van der Waals surface area (Å²) in [6.07, 6.45) is 1.74. The van der Waals surface area contributed by atoms with Gasteiger partial charge in [-0.3, -0.25) is 0 Å². The number of rotatable bonds is 10. The first-order valence-electron chi connectivity index (χ1n) is 8.50. The molecule has 0 aliphatic rings. The van der Waals surface area contributed by atoms with Crippen molar-refractivity contribution >= 4 is 17.3 Å². The first kappa shape index (κ1) is 20.8. The molecule has 0 radical (unpaired) electrons. The number of aromatic carboxylic acids is 1. The molecule has 0 unspecified atom stereocenters. The lowest BCUT2D eigenvalue weighted by Crippen LogP contribution is -2.16. The van der Waals surface area contributed by atoms with E-state index in [4.69, 9.17) is 14.9 Å². The summed E-state index contributed by atoms with van der Waals surface area (Å²) in [7, 11) is 0. The van der Waals surface area contributed by atoms with Gasteiger partial charge < -0.3 is 20.3 Å². The number of thiazole rings is 1. The fourth-order valence-electron chi connectivity index (χ4n) is 2.23. The Labute approximate surface area is 161 Å². The van der Waals surface area contributed by atoms with Crippen LogP contribution >= 0.6 is 11.3 Å².